The van der Waals surface area contributed by atoms with Gasteiger partial charge in [0, 0.05) is 37.6 Å². The van der Waals surface area contributed by atoms with Gasteiger partial charge in [0.1, 0.15) is 5.82 Å². The summed E-state index contributed by atoms with van der Waals surface area (Å²) in [6, 6.07) is 3.73. The molecule has 0 spiro atoms. The number of aromatic nitrogens is 3. The van der Waals surface area contributed by atoms with Crippen molar-refractivity contribution in [2.45, 2.75) is 19.3 Å². The molecule has 3 rings (SSSR count). The minimum atomic E-state index is 0.661. The first kappa shape index (κ1) is 10.5. The molecule has 5 heteroatoms. The number of hydrogen-bond donors (Lipinski definition) is 1. The Bertz CT molecular complexity index is 516. The Morgan fingerprint density at radius 3 is 3.00 bits per heavy atom. The molecule has 0 radical (unpaired) electrons. The molecule has 0 saturated carbocycles. The Hall–Kier alpha value is -1.62. The molecule has 0 bridgehead atoms. The average molecular weight is 232 g/mol. The molecule has 1 aliphatic rings. The normalized spacial score (nSPS) is 17.6. The van der Waals surface area contributed by atoms with E-state index < -0.39 is 0 Å². The van der Waals surface area contributed by atoms with Gasteiger partial charge in [-0.1, -0.05) is 0 Å². The summed E-state index contributed by atoms with van der Waals surface area (Å²) in [5, 5.41) is 8.39. The van der Waals surface area contributed by atoms with Crippen molar-refractivity contribution >= 4 is 11.3 Å². The van der Waals surface area contributed by atoms with Crippen LogP contribution in [-0.4, -0.2) is 27.8 Å². The maximum absolute atomic E-state index is 5.72. The summed E-state index contributed by atoms with van der Waals surface area (Å²) in [5.74, 6) is 1.68. The van der Waals surface area contributed by atoms with Crippen molar-refractivity contribution in [1.29, 1.82) is 0 Å². The highest BCUT2D eigenvalue weighted by molar-refractivity contribution is 5.51. The molecule has 0 unspecified atom stereocenters. The van der Waals surface area contributed by atoms with Gasteiger partial charge in [0.2, 0.25) is 0 Å². The van der Waals surface area contributed by atoms with Crippen LogP contribution in [-0.2, 0) is 11.2 Å². The van der Waals surface area contributed by atoms with Gasteiger partial charge in [-0.05, 0) is 24.8 Å². The fourth-order valence-corrected chi connectivity index (χ4v) is 2.30. The molecule has 0 amide bonds. The standard InChI is InChI=1S/C12H16N4O/c13-10-1-4-16-11(14-15-12(16)8-10)7-9-2-5-17-6-3-9/h1,4,8-9H,2-3,5-7,13H2. The molecule has 0 atom stereocenters. The molecule has 90 valence electrons. The van der Waals surface area contributed by atoms with E-state index in [2.05, 4.69) is 10.2 Å². The number of ether oxygens (including phenoxy) is 1. The van der Waals surface area contributed by atoms with Gasteiger partial charge in [-0.15, -0.1) is 10.2 Å². The zero-order valence-corrected chi connectivity index (χ0v) is 9.67. The van der Waals surface area contributed by atoms with Crippen LogP contribution in [0.4, 0.5) is 5.69 Å². The van der Waals surface area contributed by atoms with E-state index in [0.29, 0.717) is 5.92 Å². The van der Waals surface area contributed by atoms with Crippen molar-refractivity contribution in [2.75, 3.05) is 18.9 Å². The second-order valence-electron chi connectivity index (χ2n) is 4.56. The van der Waals surface area contributed by atoms with Gasteiger partial charge < -0.3 is 10.5 Å². The van der Waals surface area contributed by atoms with Crippen LogP contribution in [0.2, 0.25) is 0 Å². The summed E-state index contributed by atoms with van der Waals surface area (Å²) in [7, 11) is 0. The van der Waals surface area contributed by atoms with Crippen LogP contribution >= 0.6 is 0 Å². The molecule has 1 fully saturated rings. The van der Waals surface area contributed by atoms with Crippen molar-refractivity contribution in [3.63, 3.8) is 0 Å². The number of fused-ring (bicyclic) bond motifs is 1. The number of nitrogen functional groups attached to an aromatic ring is 1. The van der Waals surface area contributed by atoms with Crippen molar-refractivity contribution in [3.8, 4) is 0 Å². The molecular formula is C12H16N4O. The number of nitrogens with zero attached hydrogens (tertiary/aromatic N) is 3. The molecule has 0 aromatic carbocycles. The van der Waals surface area contributed by atoms with E-state index in [4.69, 9.17) is 10.5 Å². The average Bonchev–Trinajstić information content (AvgIpc) is 2.73. The molecule has 0 aliphatic carbocycles. The molecule has 5 nitrogen and oxygen atoms in total. The lowest BCUT2D eigenvalue weighted by atomic mass is 9.96. The summed E-state index contributed by atoms with van der Waals surface area (Å²) < 4.78 is 7.38. The van der Waals surface area contributed by atoms with E-state index in [-0.39, 0.29) is 0 Å². The number of hydrogen-bond acceptors (Lipinski definition) is 4. The Kier molecular flexibility index (Phi) is 2.68. The SMILES string of the molecule is Nc1ccn2c(CC3CCOCC3)nnc2c1. The van der Waals surface area contributed by atoms with Crippen LogP contribution in [0.3, 0.4) is 0 Å². The Morgan fingerprint density at radius 1 is 1.35 bits per heavy atom. The van der Waals surface area contributed by atoms with Gasteiger partial charge in [-0.2, -0.15) is 0 Å². The van der Waals surface area contributed by atoms with Gasteiger partial charge in [0.25, 0.3) is 0 Å². The van der Waals surface area contributed by atoms with Crippen LogP contribution in [0.15, 0.2) is 18.3 Å². The zero-order valence-electron chi connectivity index (χ0n) is 9.67. The molecule has 3 heterocycles. The maximum Gasteiger partial charge on any atom is 0.162 e. The number of pyridine rings is 1. The molecule has 2 aromatic heterocycles. The van der Waals surface area contributed by atoms with Gasteiger partial charge in [-0.3, -0.25) is 4.40 Å². The topological polar surface area (TPSA) is 65.4 Å². The minimum absolute atomic E-state index is 0.661. The first-order valence-electron chi connectivity index (χ1n) is 6.00. The van der Waals surface area contributed by atoms with Crippen LogP contribution < -0.4 is 5.73 Å². The van der Waals surface area contributed by atoms with E-state index in [1.165, 1.54) is 0 Å². The maximum atomic E-state index is 5.72. The number of anilines is 1. The fraction of sp³-hybridized carbons (Fsp3) is 0.500. The van der Waals surface area contributed by atoms with Gasteiger partial charge >= 0.3 is 0 Å². The summed E-state index contributed by atoms with van der Waals surface area (Å²) >= 11 is 0. The van der Waals surface area contributed by atoms with E-state index in [0.717, 1.165) is 49.6 Å². The fourth-order valence-electron chi connectivity index (χ4n) is 2.30. The van der Waals surface area contributed by atoms with E-state index in [1.807, 2.05) is 22.7 Å². The highest BCUT2D eigenvalue weighted by Crippen LogP contribution is 2.20. The predicted molar refractivity (Wildman–Crippen MR) is 64.6 cm³/mol. The van der Waals surface area contributed by atoms with E-state index in [1.54, 1.807) is 0 Å². The molecular weight excluding hydrogens is 216 g/mol. The molecule has 2 N–H and O–H groups in total. The largest absolute Gasteiger partial charge is 0.399 e. The lowest BCUT2D eigenvalue weighted by Gasteiger charge is -2.20. The third-order valence-electron chi connectivity index (χ3n) is 3.32. The van der Waals surface area contributed by atoms with Gasteiger partial charge in [0.15, 0.2) is 5.65 Å². The minimum Gasteiger partial charge on any atom is -0.399 e. The van der Waals surface area contributed by atoms with Crippen LogP contribution in [0.1, 0.15) is 18.7 Å². The summed E-state index contributed by atoms with van der Waals surface area (Å²) in [6.45, 7) is 1.74. The Balaban J connectivity index is 1.84. The van der Waals surface area contributed by atoms with Gasteiger partial charge in [0.05, 0.1) is 0 Å². The smallest absolute Gasteiger partial charge is 0.162 e. The summed E-state index contributed by atoms with van der Waals surface area (Å²) in [4.78, 5) is 0. The molecule has 2 aromatic rings. The van der Waals surface area contributed by atoms with Crippen LogP contribution in [0.5, 0.6) is 0 Å². The number of rotatable bonds is 2. The quantitative estimate of drug-likeness (QED) is 0.847. The Morgan fingerprint density at radius 2 is 2.18 bits per heavy atom. The Labute approximate surface area is 99.6 Å². The van der Waals surface area contributed by atoms with Crippen LogP contribution in [0, 0.1) is 5.92 Å². The van der Waals surface area contributed by atoms with E-state index >= 15 is 0 Å². The number of nitrogens with two attached hydrogens (primary N) is 1. The first-order valence-corrected chi connectivity index (χ1v) is 6.00. The lowest BCUT2D eigenvalue weighted by molar-refractivity contribution is 0.0659. The van der Waals surface area contributed by atoms with Gasteiger partial charge in [-0.25, -0.2) is 0 Å². The van der Waals surface area contributed by atoms with Crippen molar-refractivity contribution in [1.82, 2.24) is 14.6 Å². The zero-order chi connectivity index (χ0) is 11.7. The second-order valence-corrected chi connectivity index (χ2v) is 4.56. The highest BCUT2D eigenvalue weighted by Gasteiger charge is 2.17. The highest BCUT2D eigenvalue weighted by atomic mass is 16.5. The second kappa shape index (κ2) is 4.33. The molecule has 17 heavy (non-hydrogen) atoms. The third-order valence-corrected chi connectivity index (χ3v) is 3.32. The van der Waals surface area contributed by atoms with Crippen molar-refractivity contribution < 1.29 is 4.74 Å². The lowest BCUT2D eigenvalue weighted by Crippen LogP contribution is -2.18. The van der Waals surface area contributed by atoms with Crippen molar-refractivity contribution in [2.24, 2.45) is 5.92 Å². The monoisotopic (exact) mass is 232 g/mol. The summed E-state index contributed by atoms with van der Waals surface area (Å²) in [6.07, 6.45) is 5.14. The predicted octanol–water partition coefficient (Wildman–Crippen LogP) is 1.28. The first-order chi connectivity index (χ1) is 8.33. The third kappa shape index (κ3) is 2.10. The van der Waals surface area contributed by atoms with Crippen LogP contribution in [0.25, 0.3) is 5.65 Å². The molecule has 1 aliphatic heterocycles. The van der Waals surface area contributed by atoms with Crippen molar-refractivity contribution in [3.05, 3.63) is 24.2 Å². The molecule has 1 saturated heterocycles. The summed E-state index contributed by atoms with van der Waals surface area (Å²) in [5.41, 5.74) is 7.27. The van der Waals surface area contributed by atoms with E-state index in [9.17, 15) is 0 Å².